The van der Waals surface area contributed by atoms with E-state index in [0.717, 1.165) is 69.2 Å². The van der Waals surface area contributed by atoms with Crippen LogP contribution in [0.25, 0.3) is 0 Å². The van der Waals surface area contributed by atoms with Crippen LogP contribution >= 0.6 is 0 Å². The van der Waals surface area contributed by atoms with Crippen molar-refractivity contribution in [1.82, 2.24) is 4.90 Å². The zero-order chi connectivity index (χ0) is 18.9. The molecule has 4 nitrogen and oxygen atoms in total. The quantitative estimate of drug-likeness (QED) is 0.666. The van der Waals surface area contributed by atoms with Gasteiger partial charge >= 0.3 is 0 Å². The molecule has 3 rings (SSSR count). The van der Waals surface area contributed by atoms with Crippen LogP contribution in [0.1, 0.15) is 30.0 Å². The summed E-state index contributed by atoms with van der Waals surface area (Å²) in [5, 5.41) is 0. The van der Waals surface area contributed by atoms with Gasteiger partial charge in [0.2, 0.25) is 0 Å². The Labute approximate surface area is 163 Å². The highest BCUT2D eigenvalue weighted by atomic mass is 16.5. The molecule has 1 saturated heterocycles. The minimum absolute atomic E-state index is 0.520. The smallest absolute Gasteiger partial charge is 0.125 e. The highest BCUT2D eigenvalue weighted by Gasteiger charge is 2.10. The van der Waals surface area contributed by atoms with E-state index in [-0.39, 0.29) is 0 Å². The molecule has 0 aliphatic carbocycles. The van der Waals surface area contributed by atoms with Gasteiger partial charge in [0.25, 0.3) is 0 Å². The number of rotatable bonds is 9. The van der Waals surface area contributed by atoms with Gasteiger partial charge in [0.05, 0.1) is 20.3 Å². The summed E-state index contributed by atoms with van der Waals surface area (Å²) in [7, 11) is 1.72. The van der Waals surface area contributed by atoms with Crippen LogP contribution in [0.2, 0.25) is 0 Å². The van der Waals surface area contributed by atoms with Gasteiger partial charge in [-0.1, -0.05) is 25.1 Å². The van der Waals surface area contributed by atoms with E-state index >= 15 is 0 Å². The fourth-order valence-corrected chi connectivity index (χ4v) is 3.41. The van der Waals surface area contributed by atoms with E-state index in [0.29, 0.717) is 6.61 Å². The first-order valence-electron chi connectivity index (χ1n) is 9.96. The Morgan fingerprint density at radius 1 is 1.00 bits per heavy atom. The SMILES string of the molecule is CCc1ccc(OCc2cc(CCCN3CCOCC3)ccc2OC)cc1. The molecule has 1 heterocycles. The van der Waals surface area contributed by atoms with Crippen molar-refractivity contribution in [3.63, 3.8) is 0 Å². The third kappa shape index (κ3) is 5.98. The van der Waals surface area contributed by atoms with Crippen LogP contribution in [0.15, 0.2) is 42.5 Å². The molecule has 1 aliphatic heterocycles. The molecule has 1 fully saturated rings. The van der Waals surface area contributed by atoms with Gasteiger partial charge in [0.15, 0.2) is 0 Å². The number of benzene rings is 2. The Morgan fingerprint density at radius 2 is 1.74 bits per heavy atom. The van der Waals surface area contributed by atoms with Crippen molar-refractivity contribution in [2.24, 2.45) is 0 Å². The van der Waals surface area contributed by atoms with Gasteiger partial charge in [-0.2, -0.15) is 0 Å². The number of aryl methyl sites for hydroxylation is 2. The number of hydrogen-bond acceptors (Lipinski definition) is 4. The lowest BCUT2D eigenvalue weighted by Crippen LogP contribution is -2.36. The van der Waals surface area contributed by atoms with E-state index in [1.54, 1.807) is 7.11 Å². The van der Waals surface area contributed by atoms with Gasteiger partial charge in [0, 0.05) is 18.7 Å². The average Bonchev–Trinajstić information content (AvgIpc) is 2.73. The summed E-state index contributed by atoms with van der Waals surface area (Å²) >= 11 is 0. The van der Waals surface area contributed by atoms with E-state index in [2.05, 4.69) is 42.2 Å². The Bertz CT molecular complexity index is 693. The van der Waals surface area contributed by atoms with Crippen molar-refractivity contribution < 1.29 is 14.2 Å². The second kappa shape index (κ2) is 10.3. The lowest BCUT2D eigenvalue weighted by Gasteiger charge is -2.26. The monoisotopic (exact) mass is 369 g/mol. The summed E-state index contributed by atoms with van der Waals surface area (Å²) in [6, 6.07) is 14.8. The first kappa shape index (κ1) is 19.7. The maximum atomic E-state index is 5.99. The molecular weight excluding hydrogens is 338 g/mol. The maximum Gasteiger partial charge on any atom is 0.125 e. The number of nitrogens with zero attached hydrogens (tertiary/aromatic N) is 1. The normalized spacial score (nSPS) is 14.9. The van der Waals surface area contributed by atoms with Gasteiger partial charge in [-0.15, -0.1) is 0 Å². The lowest BCUT2D eigenvalue weighted by molar-refractivity contribution is 0.0374. The summed E-state index contributed by atoms with van der Waals surface area (Å²) in [4.78, 5) is 2.48. The van der Waals surface area contributed by atoms with Crippen molar-refractivity contribution in [3.05, 3.63) is 59.2 Å². The Morgan fingerprint density at radius 3 is 2.44 bits per heavy atom. The molecule has 27 heavy (non-hydrogen) atoms. The van der Waals surface area contributed by atoms with Crippen LogP contribution in [-0.4, -0.2) is 44.9 Å². The number of morpholine rings is 1. The van der Waals surface area contributed by atoms with Gasteiger partial charge in [-0.25, -0.2) is 0 Å². The zero-order valence-electron chi connectivity index (χ0n) is 16.6. The van der Waals surface area contributed by atoms with E-state index in [4.69, 9.17) is 14.2 Å². The first-order chi connectivity index (χ1) is 13.3. The largest absolute Gasteiger partial charge is 0.496 e. The summed E-state index contributed by atoms with van der Waals surface area (Å²) < 4.78 is 16.9. The average molecular weight is 370 g/mol. The Balaban J connectivity index is 1.55. The second-order valence-electron chi connectivity index (χ2n) is 6.99. The minimum atomic E-state index is 0.520. The van der Waals surface area contributed by atoms with Crippen molar-refractivity contribution in [3.8, 4) is 11.5 Å². The molecule has 0 aromatic heterocycles. The second-order valence-corrected chi connectivity index (χ2v) is 6.99. The lowest BCUT2D eigenvalue weighted by atomic mass is 10.1. The third-order valence-corrected chi connectivity index (χ3v) is 5.11. The Kier molecular flexibility index (Phi) is 7.55. The highest BCUT2D eigenvalue weighted by Crippen LogP contribution is 2.23. The molecule has 0 amide bonds. The molecule has 0 atom stereocenters. The third-order valence-electron chi connectivity index (χ3n) is 5.11. The van der Waals surface area contributed by atoms with Crippen molar-refractivity contribution in [1.29, 1.82) is 0 Å². The molecule has 2 aromatic carbocycles. The van der Waals surface area contributed by atoms with Crippen molar-refractivity contribution >= 4 is 0 Å². The molecule has 0 N–H and O–H groups in total. The standard InChI is InChI=1S/C23H31NO3/c1-3-19-6-9-22(10-7-19)27-18-21-17-20(8-11-23(21)25-2)5-4-12-24-13-15-26-16-14-24/h6-11,17H,3-5,12-16,18H2,1-2H3. The predicted octanol–water partition coefficient (Wildman–Crippen LogP) is 4.10. The van der Waals surface area contributed by atoms with Gasteiger partial charge in [-0.3, -0.25) is 4.90 Å². The summed E-state index contributed by atoms with van der Waals surface area (Å²) in [6.07, 6.45) is 3.27. The molecule has 0 saturated carbocycles. The molecule has 0 spiro atoms. The maximum absolute atomic E-state index is 5.99. The fraction of sp³-hybridized carbons (Fsp3) is 0.478. The predicted molar refractivity (Wildman–Crippen MR) is 109 cm³/mol. The minimum Gasteiger partial charge on any atom is -0.496 e. The van der Waals surface area contributed by atoms with Gasteiger partial charge in [-0.05, 0) is 61.2 Å². The first-order valence-corrected chi connectivity index (χ1v) is 9.96. The van der Waals surface area contributed by atoms with E-state index in [1.807, 2.05) is 12.1 Å². The van der Waals surface area contributed by atoms with E-state index in [9.17, 15) is 0 Å². The van der Waals surface area contributed by atoms with Crippen LogP contribution in [0.3, 0.4) is 0 Å². The van der Waals surface area contributed by atoms with E-state index < -0.39 is 0 Å². The van der Waals surface area contributed by atoms with Crippen LogP contribution < -0.4 is 9.47 Å². The van der Waals surface area contributed by atoms with Crippen LogP contribution in [0.5, 0.6) is 11.5 Å². The molecule has 0 unspecified atom stereocenters. The van der Waals surface area contributed by atoms with Gasteiger partial charge in [0.1, 0.15) is 18.1 Å². The molecule has 0 bridgehead atoms. The van der Waals surface area contributed by atoms with Gasteiger partial charge < -0.3 is 14.2 Å². The Hall–Kier alpha value is -2.04. The number of methoxy groups -OCH3 is 1. The summed E-state index contributed by atoms with van der Waals surface area (Å²) in [5.41, 5.74) is 3.76. The molecule has 1 aliphatic rings. The molecule has 4 heteroatoms. The summed E-state index contributed by atoms with van der Waals surface area (Å²) in [5.74, 6) is 1.78. The van der Waals surface area contributed by atoms with Crippen LogP contribution in [0, 0.1) is 0 Å². The topological polar surface area (TPSA) is 30.9 Å². The van der Waals surface area contributed by atoms with Crippen LogP contribution in [0.4, 0.5) is 0 Å². The molecule has 2 aromatic rings. The summed E-state index contributed by atoms with van der Waals surface area (Å²) in [6.45, 7) is 7.64. The number of hydrogen-bond donors (Lipinski definition) is 0. The molecule has 0 radical (unpaired) electrons. The van der Waals surface area contributed by atoms with E-state index in [1.165, 1.54) is 11.1 Å². The highest BCUT2D eigenvalue weighted by molar-refractivity contribution is 5.37. The molecule has 146 valence electrons. The fourth-order valence-electron chi connectivity index (χ4n) is 3.41. The van der Waals surface area contributed by atoms with Crippen molar-refractivity contribution in [2.75, 3.05) is 40.0 Å². The number of ether oxygens (including phenoxy) is 3. The van der Waals surface area contributed by atoms with Crippen molar-refractivity contribution in [2.45, 2.75) is 32.8 Å². The molecular formula is C23H31NO3. The zero-order valence-corrected chi connectivity index (χ0v) is 16.6. The van der Waals surface area contributed by atoms with Crippen LogP contribution in [-0.2, 0) is 24.2 Å².